The van der Waals surface area contributed by atoms with E-state index in [2.05, 4.69) is 37.9 Å². The molecule has 0 aliphatic heterocycles. The molecule has 2 rings (SSSR count). The maximum absolute atomic E-state index is 10.6. The number of pyridine rings is 1. The number of benzene rings is 1. The van der Waals surface area contributed by atoms with Gasteiger partial charge in [0.2, 0.25) is 0 Å². The van der Waals surface area contributed by atoms with Crippen LogP contribution >= 0.6 is 0 Å². The maximum atomic E-state index is 10.6. The number of aromatic hydroxyl groups is 1. The minimum Gasteiger partial charge on any atom is -0.507 e. The van der Waals surface area contributed by atoms with E-state index in [0.29, 0.717) is 5.75 Å². The lowest BCUT2D eigenvalue weighted by atomic mass is 9.93. The molecule has 0 saturated carbocycles. The Morgan fingerprint density at radius 1 is 1.05 bits per heavy atom. The van der Waals surface area contributed by atoms with E-state index in [4.69, 9.17) is 0 Å². The molecule has 0 radical (unpaired) electrons. The molecular weight excluding hydrogens is 270 g/mol. The third kappa shape index (κ3) is 3.88. The van der Waals surface area contributed by atoms with E-state index < -0.39 is 0 Å². The Bertz CT molecular complexity index is 619. The number of unbranched alkanes of at least 4 members (excludes halogenated alkanes) is 2. The first-order chi connectivity index (χ1) is 10.7. The molecule has 2 heteroatoms. The van der Waals surface area contributed by atoms with Gasteiger partial charge in [-0.1, -0.05) is 38.8 Å². The number of nitrogens with zero attached hydrogens (tertiary/aromatic N) is 1. The fraction of sp³-hybridized carbons (Fsp3) is 0.450. The summed E-state index contributed by atoms with van der Waals surface area (Å²) in [4.78, 5) is 4.51. The highest BCUT2D eigenvalue weighted by Gasteiger charge is 2.15. The average Bonchev–Trinajstić information content (AvgIpc) is 2.51. The van der Waals surface area contributed by atoms with Crippen LogP contribution in [0.25, 0.3) is 11.3 Å². The number of phenolic OH excluding ortho intramolecular Hbond substituents is 1. The van der Waals surface area contributed by atoms with Gasteiger partial charge in [-0.15, -0.1) is 0 Å². The second-order valence-electron chi connectivity index (χ2n) is 6.03. The fourth-order valence-electron chi connectivity index (χ4n) is 2.86. The smallest absolute Gasteiger partial charge is 0.125 e. The average molecular weight is 297 g/mol. The molecule has 0 unspecified atom stereocenters. The lowest BCUT2D eigenvalue weighted by Gasteiger charge is -2.15. The number of aromatic nitrogens is 1. The zero-order valence-electron chi connectivity index (χ0n) is 14.0. The Labute approximate surface area is 134 Å². The first-order valence-corrected chi connectivity index (χ1v) is 8.44. The Kier molecular flexibility index (Phi) is 6.00. The van der Waals surface area contributed by atoms with Crippen molar-refractivity contribution in [1.29, 1.82) is 0 Å². The van der Waals surface area contributed by atoms with Crippen LogP contribution in [0.1, 0.15) is 56.2 Å². The summed E-state index contributed by atoms with van der Waals surface area (Å²) >= 11 is 0. The summed E-state index contributed by atoms with van der Waals surface area (Å²) in [7, 11) is 0. The minimum absolute atomic E-state index is 0.376. The fourth-order valence-corrected chi connectivity index (χ4v) is 2.86. The van der Waals surface area contributed by atoms with Gasteiger partial charge in [-0.3, -0.25) is 4.98 Å². The van der Waals surface area contributed by atoms with Gasteiger partial charge in [0, 0.05) is 11.8 Å². The van der Waals surface area contributed by atoms with Crippen LogP contribution in [0, 0.1) is 6.92 Å². The van der Waals surface area contributed by atoms with Crippen molar-refractivity contribution in [3.8, 4) is 17.0 Å². The van der Waals surface area contributed by atoms with E-state index in [-0.39, 0.29) is 0 Å². The molecule has 2 nitrogen and oxygen atoms in total. The molecule has 0 bridgehead atoms. The van der Waals surface area contributed by atoms with Crippen LogP contribution < -0.4 is 0 Å². The number of phenols is 1. The summed E-state index contributed by atoms with van der Waals surface area (Å²) in [6, 6.07) is 8.19. The predicted octanol–water partition coefficient (Wildman–Crippen LogP) is 5.45. The van der Waals surface area contributed by atoms with Crippen molar-refractivity contribution < 1.29 is 5.11 Å². The molecule has 0 amide bonds. The number of rotatable bonds is 7. The van der Waals surface area contributed by atoms with Gasteiger partial charge in [0.05, 0.1) is 5.69 Å². The third-order valence-corrected chi connectivity index (χ3v) is 4.12. The van der Waals surface area contributed by atoms with Crippen LogP contribution in [-0.2, 0) is 12.8 Å². The van der Waals surface area contributed by atoms with E-state index >= 15 is 0 Å². The highest BCUT2D eigenvalue weighted by atomic mass is 16.3. The molecule has 2 aromatic rings. The number of aryl methyl sites for hydroxylation is 3. The Morgan fingerprint density at radius 2 is 1.77 bits per heavy atom. The van der Waals surface area contributed by atoms with Crippen molar-refractivity contribution in [2.45, 2.75) is 59.3 Å². The Morgan fingerprint density at radius 3 is 2.45 bits per heavy atom. The molecular formula is C20H27NO. The summed E-state index contributed by atoms with van der Waals surface area (Å²) < 4.78 is 0. The molecule has 1 N–H and O–H groups in total. The summed E-state index contributed by atoms with van der Waals surface area (Å²) in [5, 5.41) is 10.6. The predicted molar refractivity (Wildman–Crippen MR) is 93.3 cm³/mol. The van der Waals surface area contributed by atoms with Crippen LogP contribution in [0.2, 0.25) is 0 Å². The molecule has 1 heterocycles. The van der Waals surface area contributed by atoms with E-state index in [1.54, 1.807) is 6.20 Å². The van der Waals surface area contributed by atoms with Gasteiger partial charge in [0.15, 0.2) is 0 Å². The minimum atomic E-state index is 0.376. The highest BCUT2D eigenvalue weighted by molar-refractivity contribution is 5.73. The molecule has 1 aromatic heterocycles. The van der Waals surface area contributed by atoms with Crippen molar-refractivity contribution >= 4 is 0 Å². The van der Waals surface area contributed by atoms with Gasteiger partial charge in [-0.05, 0) is 61.4 Å². The standard InChI is InChI=1S/C20H27NO/c1-4-6-10-16-13-17(11-7-5-2)19(18(22)14-16)20-15(3)9-8-12-21-20/h8-9,12-14,22H,4-7,10-11H2,1-3H3. The monoisotopic (exact) mass is 297 g/mol. The van der Waals surface area contributed by atoms with Crippen molar-refractivity contribution in [1.82, 2.24) is 4.98 Å². The topological polar surface area (TPSA) is 33.1 Å². The first kappa shape index (κ1) is 16.5. The second kappa shape index (κ2) is 7.98. The van der Waals surface area contributed by atoms with Gasteiger partial charge in [-0.2, -0.15) is 0 Å². The maximum Gasteiger partial charge on any atom is 0.125 e. The number of hydrogen-bond acceptors (Lipinski definition) is 2. The molecule has 1 aromatic carbocycles. The van der Waals surface area contributed by atoms with E-state index in [1.165, 1.54) is 17.5 Å². The molecule has 0 spiro atoms. The van der Waals surface area contributed by atoms with Crippen LogP contribution in [-0.4, -0.2) is 10.1 Å². The summed E-state index contributed by atoms with van der Waals surface area (Å²) in [6.45, 7) is 6.45. The molecule has 0 fully saturated rings. The molecule has 0 atom stereocenters. The van der Waals surface area contributed by atoms with Crippen LogP contribution in [0.3, 0.4) is 0 Å². The Hall–Kier alpha value is -1.83. The SMILES string of the molecule is CCCCc1cc(O)c(-c2ncccc2C)c(CCCC)c1. The van der Waals surface area contributed by atoms with Crippen molar-refractivity contribution in [3.05, 3.63) is 47.2 Å². The highest BCUT2D eigenvalue weighted by Crippen LogP contribution is 2.35. The van der Waals surface area contributed by atoms with Crippen LogP contribution in [0.4, 0.5) is 0 Å². The first-order valence-electron chi connectivity index (χ1n) is 8.44. The molecule has 0 aliphatic rings. The van der Waals surface area contributed by atoms with Gasteiger partial charge >= 0.3 is 0 Å². The van der Waals surface area contributed by atoms with Gasteiger partial charge < -0.3 is 5.11 Å². The van der Waals surface area contributed by atoms with Crippen molar-refractivity contribution in [2.24, 2.45) is 0 Å². The van der Waals surface area contributed by atoms with E-state index in [0.717, 1.165) is 48.9 Å². The van der Waals surface area contributed by atoms with Crippen molar-refractivity contribution in [3.63, 3.8) is 0 Å². The zero-order chi connectivity index (χ0) is 15.9. The molecule has 22 heavy (non-hydrogen) atoms. The van der Waals surface area contributed by atoms with Crippen LogP contribution in [0.15, 0.2) is 30.5 Å². The largest absolute Gasteiger partial charge is 0.507 e. The second-order valence-corrected chi connectivity index (χ2v) is 6.03. The van der Waals surface area contributed by atoms with Crippen molar-refractivity contribution in [2.75, 3.05) is 0 Å². The van der Waals surface area contributed by atoms with Gasteiger partial charge in [-0.25, -0.2) is 0 Å². The molecule has 118 valence electrons. The summed E-state index contributed by atoms with van der Waals surface area (Å²) in [5.41, 5.74) is 5.41. The third-order valence-electron chi connectivity index (χ3n) is 4.12. The lowest BCUT2D eigenvalue weighted by Crippen LogP contribution is -1.98. The zero-order valence-corrected chi connectivity index (χ0v) is 14.0. The quantitative estimate of drug-likeness (QED) is 0.737. The van der Waals surface area contributed by atoms with E-state index in [1.807, 2.05) is 12.1 Å². The lowest BCUT2D eigenvalue weighted by molar-refractivity contribution is 0.475. The normalized spacial score (nSPS) is 10.9. The van der Waals surface area contributed by atoms with Crippen LogP contribution in [0.5, 0.6) is 5.75 Å². The van der Waals surface area contributed by atoms with Gasteiger partial charge in [0.25, 0.3) is 0 Å². The van der Waals surface area contributed by atoms with Gasteiger partial charge in [0.1, 0.15) is 5.75 Å². The molecule has 0 aliphatic carbocycles. The summed E-state index contributed by atoms with van der Waals surface area (Å²) in [5.74, 6) is 0.376. The molecule has 0 saturated heterocycles. The number of hydrogen-bond donors (Lipinski definition) is 1. The van der Waals surface area contributed by atoms with E-state index in [9.17, 15) is 5.11 Å². The summed E-state index contributed by atoms with van der Waals surface area (Å²) in [6.07, 6.45) is 8.45. The Balaban J connectivity index is 2.49.